The summed E-state index contributed by atoms with van der Waals surface area (Å²) in [7, 11) is 0. The largest absolute Gasteiger partial charge is 0.481 e. The molecule has 6 nitrogen and oxygen atoms in total. The predicted octanol–water partition coefficient (Wildman–Crippen LogP) is 4.93. The minimum Gasteiger partial charge on any atom is -0.481 e. The Morgan fingerprint density at radius 1 is 1.14 bits per heavy atom. The van der Waals surface area contributed by atoms with Crippen LogP contribution < -0.4 is 5.32 Å². The molecular weight excluding hydrogens is 386 g/mol. The average molecular weight is 412 g/mol. The molecule has 0 radical (unpaired) electrons. The quantitative estimate of drug-likeness (QED) is 0.341. The van der Waals surface area contributed by atoms with Crippen LogP contribution in [-0.4, -0.2) is 27.8 Å². The number of benzene rings is 2. The first-order valence-corrected chi connectivity index (χ1v) is 10.6. The molecule has 29 heavy (non-hydrogen) atoms. The summed E-state index contributed by atoms with van der Waals surface area (Å²) in [6, 6.07) is 18.2. The molecule has 2 N–H and O–H groups in total. The number of aromatic nitrogens is 2. The Kier molecular flexibility index (Phi) is 7.84. The van der Waals surface area contributed by atoms with Gasteiger partial charge in [-0.15, -0.1) is 10.2 Å². The Hall–Kier alpha value is -2.64. The first-order valence-electron chi connectivity index (χ1n) is 9.72. The molecule has 152 valence electrons. The van der Waals surface area contributed by atoms with Gasteiger partial charge in [-0.2, -0.15) is 0 Å². The van der Waals surface area contributed by atoms with Gasteiger partial charge in [0.25, 0.3) is 5.22 Å². The van der Waals surface area contributed by atoms with Crippen molar-refractivity contribution in [1.29, 1.82) is 0 Å². The highest BCUT2D eigenvalue weighted by Crippen LogP contribution is 2.38. The summed E-state index contributed by atoms with van der Waals surface area (Å²) in [5.41, 5.74) is 3.20. The van der Waals surface area contributed by atoms with Crippen LogP contribution in [0.25, 0.3) is 11.5 Å². The highest BCUT2D eigenvalue weighted by Gasteiger charge is 2.17. The van der Waals surface area contributed by atoms with Gasteiger partial charge < -0.3 is 14.8 Å². The van der Waals surface area contributed by atoms with Gasteiger partial charge in [0.2, 0.25) is 5.89 Å². The zero-order valence-corrected chi connectivity index (χ0v) is 17.2. The molecule has 0 aliphatic carbocycles. The fraction of sp³-hybridized carbons (Fsp3) is 0.318. The lowest BCUT2D eigenvalue weighted by Gasteiger charge is -2.13. The van der Waals surface area contributed by atoms with Crippen molar-refractivity contribution in [2.24, 2.45) is 0 Å². The number of carboxylic acids is 1. The van der Waals surface area contributed by atoms with Crippen LogP contribution >= 0.6 is 11.8 Å². The van der Waals surface area contributed by atoms with E-state index in [9.17, 15) is 4.79 Å². The molecule has 0 bridgehead atoms. The summed E-state index contributed by atoms with van der Waals surface area (Å²) >= 11 is 1.60. The van der Waals surface area contributed by atoms with E-state index < -0.39 is 5.97 Å². The van der Waals surface area contributed by atoms with Gasteiger partial charge in [0.1, 0.15) is 0 Å². The Bertz CT molecular complexity index is 897. The number of nitrogens with one attached hydrogen (secondary N) is 1. The molecule has 0 fully saturated rings. The fourth-order valence-corrected chi connectivity index (χ4v) is 4.02. The molecule has 0 aliphatic heterocycles. The second kappa shape index (κ2) is 10.8. The highest BCUT2D eigenvalue weighted by atomic mass is 32.2. The predicted molar refractivity (Wildman–Crippen MR) is 114 cm³/mol. The highest BCUT2D eigenvalue weighted by molar-refractivity contribution is 7.99. The van der Waals surface area contributed by atoms with Crippen molar-refractivity contribution in [1.82, 2.24) is 15.5 Å². The summed E-state index contributed by atoms with van der Waals surface area (Å²) in [5, 5.41) is 21.0. The lowest BCUT2D eigenvalue weighted by atomic mass is 10.1. The Morgan fingerprint density at radius 3 is 2.59 bits per heavy atom. The molecule has 1 aromatic heterocycles. The van der Waals surface area contributed by atoms with Gasteiger partial charge in [0.05, 0.1) is 6.42 Å². The molecule has 3 aromatic rings. The Labute approximate surface area is 174 Å². The normalized spacial score (nSPS) is 12.0. The second-order valence-corrected chi connectivity index (χ2v) is 7.85. The molecule has 3 rings (SSSR count). The number of hydrogen-bond acceptors (Lipinski definition) is 6. The maximum Gasteiger partial charge on any atom is 0.304 e. The standard InChI is InChI=1S/C22H25N3O3S/c1-2-6-19(17-7-4-3-5-8-17)29-22-25-24-21(28-22)18-11-9-16(10-12-18)15-23-14-13-20(26)27/h3-5,7-12,19,23H,2,6,13-15H2,1H3,(H,26,27). The molecule has 1 unspecified atom stereocenters. The number of hydrogen-bond donors (Lipinski definition) is 2. The third-order valence-electron chi connectivity index (χ3n) is 4.42. The van der Waals surface area contributed by atoms with Crippen molar-refractivity contribution in [3.8, 4) is 11.5 Å². The maximum absolute atomic E-state index is 10.5. The lowest BCUT2D eigenvalue weighted by Crippen LogP contribution is -2.17. The summed E-state index contributed by atoms with van der Waals surface area (Å²) in [6.07, 6.45) is 2.23. The number of thioether (sulfide) groups is 1. The van der Waals surface area contributed by atoms with Crippen LogP contribution in [0.1, 0.15) is 42.6 Å². The molecule has 2 aromatic carbocycles. The van der Waals surface area contributed by atoms with Gasteiger partial charge in [-0.25, -0.2) is 0 Å². The van der Waals surface area contributed by atoms with Crippen molar-refractivity contribution < 1.29 is 14.3 Å². The van der Waals surface area contributed by atoms with Crippen LogP contribution in [0.2, 0.25) is 0 Å². The van der Waals surface area contributed by atoms with E-state index in [-0.39, 0.29) is 11.7 Å². The fourth-order valence-electron chi connectivity index (χ4n) is 2.91. The summed E-state index contributed by atoms with van der Waals surface area (Å²) in [5.74, 6) is -0.299. The van der Waals surface area contributed by atoms with Crippen LogP contribution in [0.4, 0.5) is 0 Å². The van der Waals surface area contributed by atoms with Gasteiger partial charge in [-0.05, 0) is 29.7 Å². The van der Waals surface area contributed by atoms with E-state index in [1.807, 2.05) is 30.3 Å². The molecule has 0 spiro atoms. The molecular formula is C22H25N3O3S. The van der Waals surface area contributed by atoms with Gasteiger partial charge in [0.15, 0.2) is 0 Å². The van der Waals surface area contributed by atoms with Crippen LogP contribution in [0.15, 0.2) is 64.2 Å². The van der Waals surface area contributed by atoms with Crippen molar-refractivity contribution in [2.45, 2.75) is 43.2 Å². The minimum atomic E-state index is -0.800. The zero-order valence-electron chi connectivity index (χ0n) is 16.4. The van der Waals surface area contributed by atoms with Gasteiger partial charge in [0, 0.05) is 23.9 Å². The van der Waals surface area contributed by atoms with Gasteiger partial charge >= 0.3 is 5.97 Å². The van der Waals surface area contributed by atoms with Crippen molar-refractivity contribution in [3.05, 3.63) is 65.7 Å². The Morgan fingerprint density at radius 2 is 1.90 bits per heavy atom. The third kappa shape index (κ3) is 6.44. The van der Waals surface area contributed by atoms with Crippen molar-refractivity contribution in [3.63, 3.8) is 0 Å². The number of nitrogens with zero attached hydrogens (tertiary/aromatic N) is 2. The second-order valence-electron chi connectivity index (χ2n) is 6.70. The van der Waals surface area contributed by atoms with E-state index in [2.05, 4.69) is 46.7 Å². The van der Waals surface area contributed by atoms with Gasteiger partial charge in [-0.3, -0.25) is 4.79 Å². The van der Waals surface area contributed by atoms with E-state index in [1.165, 1.54) is 5.56 Å². The summed E-state index contributed by atoms with van der Waals surface area (Å²) in [6.45, 7) is 3.24. The molecule has 1 heterocycles. The van der Waals surface area contributed by atoms with Crippen LogP contribution in [0.5, 0.6) is 0 Å². The van der Waals surface area contributed by atoms with E-state index in [4.69, 9.17) is 9.52 Å². The number of carboxylic acid groups (broad SMARTS) is 1. The first-order chi connectivity index (χ1) is 14.2. The summed E-state index contributed by atoms with van der Waals surface area (Å²) in [4.78, 5) is 10.5. The van der Waals surface area contributed by atoms with Crippen LogP contribution in [0.3, 0.4) is 0 Å². The van der Waals surface area contributed by atoms with Crippen molar-refractivity contribution in [2.75, 3.05) is 6.54 Å². The molecule has 0 saturated carbocycles. The van der Waals surface area contributed by atoms with Crippen LogP contribution in [0, 0.1) is 0 Å². The number of aliphatic carboxylic acids is 1. The smallest absolute Gasteiger partial charge is 0.304 e. The monoisotopic (exact) mass is 411 g/mol. The van der Waals surface area contributed by atoms with E-state index in [0.717, 1.165) is 24.0 Å². The lowest BCUT2D eigenvalue weighted by molar-refractivity contribution is -0.136. The first kappa shape index (κ1) is 21.1. The minimum absolute atomic E-state index is 0.114. The Balaban J connectivity index is 1.61. The summed E-state index contributed by atoms with van der Waals surface area (Å²) < 4.78 is 5.89. The zero-order chi connectivity index (χ0) is 20.5. The number of rotatable bonds is 11. The molecule has 0 saturated heterocycles. The maximum atomic E-state index is 10.5. The molecule has 0 aliphatic rings. The molecule has 7 heteroatoms. The van der Waals surface area contributed by atoms with Crippen LogP contribution in [-0.2, 0) is 11.3 Å². The topological polar surface area (TPSA) is 88.2 Å². The SMILES string of the molecule is CCCC(Sc1nnc(-c2ccc(CNCCC(=O)O)cc2)o1)c1ccccc1. The van der Waals surface area contributed by atoms with E-state index in [1.54, 1.807) is 11.8 Å². The van der Waals surface area contributed by atoms with Gasteiger partial charge in [-0.1, -0.05) is 67.6 Å². The van der Waals surface area contributed by atoms with E-state index >= 15 is 0 Å². The van der Waals surface area contributed by atoms with E-state index in [0.29, 0.717) is 24.2 Å². The molecule has 1 atom stereocenters. The van der Waals surface area contributed by atoms with Crippen molar-refractivity contribution >= 4 is 17.7 Å². The number of carbonyl (C=O) groups is 1. The molecule has 0 amide bonds. The average Bonchev–Trinajstić information content (AvgIpc) is 3.20. The third-order valence-corrected chi connectivity index (χ3v) is 5.58.